The number of methoxy groups -OCH3 is 2. The summed E-state index contributed by atoms with van der Waals surface area (Å²) in [7, 11) is 3.40. The fourth-order valence-corrected chi connectivity index (χ4v) is 10.8. The maximum Gasteiger partial charge on any atom is 1.00 e. The van der Waals surface area contributed by atoms with Gasteiger partial charge in [0.15, 0.2) is 19.0 Å². The summed E-state index contributed by atoms with van der Waals surface area (Å²) < 4.78 is 38.5. The summed E-state index contributed by atoms with van der Waals surface area (Å²) in [5.41, 5.74) is 2.34. The fourth-order valence-electron chi connectivity index (χ4n) is 8.99. The molecule has 6 aromatic heterocycles. The minimum atomic E-state index is -2.90. The number of pyridine rings is 2. The number of aromatic nitrogens is 10. The molecule has 2 saturated heterocycles. The normalized spacial score (nSPS) is 12.6. The molecular formula is C63H79ClN14NaO14P3. The molecule has 8 aromatic rings. The Morgan fingerprint density at radius 2 is 1.06 bits per heavy atom. The maximum atomic E-state index is 13.7. The molecule has 0 radical (unpaired) electrons. The van der Waals surface area contributed by atoms with Gasteiger partial charge in [0, 0.05) is 96.0 Å². The van der Waals surface area contributed by atoms with E-state index in [2.05, 4.69) is 75.5 Å². The van der Waals surface area contributed by atoms with Gasteiger partial charge in [-0.05, 0) is 64.3 Å². The van der Waals surface area contributed by atoms with Crippen molar-refractivity contribution in [3.8, 4) is 23.1 Å². The maximum absolute atomic E-state index is 13.7. The monoisotopic (exact) mass is 1410 g/mol. The summed E-state index contributed by atoms with van der Waals surface area (Å²) in [4.78, 5) is 117. The molecule has 0 saturated carbocycles. The number of aryl methyl sites for hydroxylation is 2. The Balaban J connectivity index is 0.000000321. The van der Waals surface area contributed by atoms with Crippen molar-refractivity contribution in [2.24, 2.45) is 0 Å². The first-order chi connectivity index (χ1) is 45.3. The van der Waals surface area contributed by atoms with Crippen LogP contribution < -0.4 is 44.3 Å². The summed E-state index contributed by atoms with van der Waals surface area (Å²) >= 11 is 5.26. The molecule has 96 heavy (non-hydrogen) atoms. The van der Waals surface area contributed by atoms with Gasteiger partial charge in [-0.2, -0.15) is 10.2 Å². The van der Waals surface area contributed by atoms with Crippen molar-refractivity contribution in [2.75, 3.05) is 99.3 Å². The number of benzene rings is 2. The molecule has 0 spiro atoms. The van der Waals surface area contributed by atoms with E-state index < -0.39 is 37.5 Å². The van der Waals surface area contributed by atoms with Gasteiger partial charge in [-0.3, -0.25) is 38.1 Å². The number of aromatic amines is 1. The predicted molar refractivity (Wildman–Crippen MR) is 362 cm³/mol. The van der Waals surface area contributed by atoms with Crippen LogP contribution >= 0.6 is 34.3 Å². The molecule has 2 aliphatic heterocycles. The molecule has 2 aliphatic rings. The molecular weight excluding hydrogens is 1330 g/mol. The number of rotatable bonds is 18. The number of halogens is 1. The van der Waals surface area contributed by atoms with Crippen LogP contribution in [0.1, 0.15) is 79.8 Å². The number of ketones is 2. The second-order valence-electron chi connectivity index (χ2n) is 21.2. The Kier molecular flexibility index (Phi) is 32.9. The predicted octanol–water partition coefficient (Wildman–Crippen LogP) is 5.29. The molecule has 28 nitrogen and oxygen atoms in total. The number of hydrogen-bond acceptors (Lipinski definition) is 20. The van der Waals surface area contributed by atoms with Crippen LogP contribution in [0.3, 0.4) is 0 Å². The first-order valence-corrected chi connectivity index (χ1v) is 36.5. The van der Waals surface area contributed by atoms with Crippen LogP contribution in [0.15, 0.2) is 123 Å². The first kappa shape index (κ1) is 80.4. The van der Waals surface area contributed by atoms with Gasteiger partial charge >= 0.3 is 29.6 Å². The third-order valence-corrected chi connectivity index (χ3v) is 15.9. The molecule has 2 fully saturated rings. The Morgan fingerprint density at radius 1 is 0.656 bits per heavy atom. The second-order valence-corrected chi connectivity index (χ2v) is 30.4. The fraction of sp³-hybridized carbons (Fsp3) is 0.349. The number of hydrogen-bond donors (Lipinski definition) is 1. The zero-order valence-corrected chi connectivity index (χ0v) is 61.2. The molecule has 0 atom stereocenters. The van der Waals surface area contributed by atoms with E-state index in [1.165, 1.54) is 84.2 Å². The third kappa shape index (κ3) is 22.5. The van der Waals surface area contributed by atoms with Gasteiger partial charge in [0.2, 0.25) is 0 Å². The van der Waals surface area contributed by atoms with E-state index in [4.69, 9.17) is 40.2 Å². The Bertz CT molecular complexity index is 4010. The van der Waals surface area contributed by atoms with Crippen molar-refractivity contribution in [3.63, 3.8) is 0 Å². The number of H-pyrrole nitrogens is 1. The van der Waals surface area contributed by atoms with E-state index in [0.717, 1.165) is 12.8 Å². The number of piperazine rings is 2. The van der Waals surface area contributed by atoms with Crippen molar-refractivity contribution >= 4 is 97.7 Å². The van der Waals surface area contributed by atoms with E-state index >= 15 is 0 Å². The number of allylic oxidation sites excluding steroid dienone is 2. The number of fused-ring (bicyclic) bond motifs is 2. The second kappa shape index (κ2) is 39.3. The SMILES string of the molecule is C=CCC.C=CCC.COc1cnc(-n2cnc(C)n2)c2[nH]cc(C(=O)C(=O)N3CCN(C(=O)c4ccccc4)CC3)c12.COc1cnc(-n2cnc(C)n2)c2c1c(C(=O)C(=O)N1CCN(C(=O)c3ccccc3)CC1)cn2COP(C)(C)=O.CP(C)(=P)OCCl.O=CO[O-].[Na+]. The average Bonchev–Trinajstić information content (AvgIpc) is 1.59. The molecule has 0 unspecified atom stereocenters. The topological polar surface area (TPSA) is 327 Å². The molecule has 1 N–H and O–H groups in total. The van der Waals surface area contributed by atoms with Crippen LogP contribution in [0.4, 0.5) is 0 Å². The smallest absolute Gasteiger partial charge is 0.662 e. The van der Waals surface area contributed by atoms with E-state index in [-0.39, 0.29) is 104 Å². The van der Waals surface area contributed by atoms with Gasteiger partial charge in [-0.1, -0.05) is 82.5 Å². The average molecular weight is 1410 g/mol. The summed E-state index contributed by atoms with van der Waals surface area (Å²) in [6.45, 7) is 22.2. The van der Waals surface area contributed by atoms with E-state index in [1.807, 2.05) is 49.7 Å². The van der Waals surface area contributed by atoms with E-state index in [9.17, 15) is 33.3 Å². The van der Waals surface area contributed by atoms with Gasteiger partial charge in [-0.15, -0.1) is 13.2 Å². The van der Waals surface area contributed by atoms with Crippen LogP contribution in [0.2, 0.25) is 0 Å². The number of ether oxygens (including phenoxy) is 2. The van der Waals surface area contributed by atoms with Crippen LogP contribution in [0, 0.1) is 13.8 Å². The molecule has 0 bridgehead atoms. The Labute approximate surface area is 586 Å². The summed E-state index contributed by atoms with van der Waals surface area (Å²) in [5, 5.41) is 17.8. The number of amides is 4. The minimum Gasteiger partial charge on any atom is -0.662 e. The van der Waals surface area contributed by atoms with Crippen molar-refractivity contribution < 1.29 is 96.4 Å². The molecule has 508 valence electrons. The number of carbonyl (C=O) groups is 7. The molecule has 2 aromatic carbocycles. The third-order valence-electron chi connectivity index (χ3n) is 13.7. The standard InChI is InChI=1S/C27H30N7O6P.C24H23N7O4.2C4H8.C3H9ClOP2.CH2O3.Na/c1-18-29-16-34(30-18)25-23-22(21(39-2)14-28-25)20(15-33(23)17-40-41(3,4)38)24(35)27(37)32-12-10-31(11-13-32)26(36)19-8-6-5-7-9-19;1-15-27-14-31(28-15)22-20-19(18(35-2)13-26-22)17(12-25-20)21(32)24(34)30-10-8-29(9-11-30)23(33)16-6-4-3-5-7-16;2*1-3-4-2;1-7(2,6)5-3-4;2-1-4-3;/h5-9,14-16H,10-13,17H2,1-4H3;3-7,12-14,25H,8-11H2,1-2H3;2*3H,1,4H2,2H3;6H,3H2,1-2H3;1,3H;/q;;;;;;+1/p-1. The van der Waals surface area contributed by atoms with Crippen molar-refractivity contribution in [1.82, 2.24) is 68.6 Å². The van der Waals surface area contributed by atoms with Gasteiger partial charge in [0.05, 0.1) is 54.0 Å². The first-order valence-electron chi connectivity index (χ1n) is 29.5. The molecule has 8 heterocycles. The number of nitrogens with one attached hydrogen (secondary N) is 1. The zero-order valence-electron chi connectivity index (χ0n) is 55.7. The van der Waals surface area contributed by atoms with E-state index in [0.29, 0.717) is 88.1 Å². The summed E-state index contributed by atoms with van der Waals surface area (Å²) in [5.74, 6) is -0.499. The van der Waals surface area contributed by atoms with Crippen molar-refractivity contribution in [3.05, 3.63) is 157 Å². The number of Topliss-reactive ketones (excluding diaryl/α,β-unsaturated/α-hetero) is 2. The van der Waals surface area contributed by atoms with Crippen LogP contribution in [0.25, 0.3) is 33.4 Å². The largest absolute Gasteiger partial charge is 1.00 e. The number of carbonyl (C=O) groups excluding carboxylic acids is 7. The summed E-state index contributed by atoms with van der Waals surface area (Å²) in [6.07, 6.45) is 14.8. The van der Waals surface area contributed by atoms with Crippen molar-refractivity contribution in [2.45, 2.75) is 47.3 Å². The minimum absolute atomic E-state index is 0. The zero-order chi connectivity index (χ0) is 70.0. The van der Waals surface area contributed by atoms with Gasteiger partial charge in [0.25, 0.3) is 41.7 Å². The number of nitrogens with zero attached hydrogens (tertiary/aromatic N) is 13. The Hall–Kier alpha value is -8.00. The van der Waals surface area contributed by atoms with Crippen LogP contribution in [-0.2, 0) is 39.6 Å². The van der Waals surface area contributed by atoms with Crippen LogP contribution in [-0.4, -0.2) is 210 Å². The van der Waals surface area contributed by atoms with Gasteiger partial charge in [-0.25, -0.2) is 29.3 Å². The van der Waals surface area contributed by atoms with Gasteiger partial charge in [0.1, 0.15) is 54.1 Å². The van der Waals surface area contributed by atoms with E-state index in [1.54, 1.807) is 64.6 Å². The molecule has 0 aliphatic carbocycles. The molecule has 33 heteroatoms. The molecule has 4 amide bonds. The number of alkyl halides is 1. The Morgan fingerprint density at radius 3 is 1.43 bits per heavy atom. The molecule has 10 rings (SSSR count). The quantitative estimate of drug-likeness (QED) is 0.0131. The van der Waals surface area contributed by atoms with Gasteiger partial charge < -0.3 is 57.8 Å². The van der Waals surface area contributed by atoms with Crippen molar-refractivity contribution in [1.29, 1.82) is 0 Å². The van der Waals surface area contributed by atoms with Crippen LogP contribution in [0.5, 0.6) is 11.5 Å². The summed E-state index contributed by atoms with van der Waals surface area (Å²) in [6, 6.07) is 18.2.